The van der Waals surface area contributed by atoms with E-state index in [2.05, 4.69) is 37.0 Å². The molecule has 0 saturated heterocycles. The Labute approximate surface area is 95.4 Å². The van der Waals surface area contributed by atoms with Crippen molar-refractivity contribution < 1.29 is 4.74 Å². The number of para-hydroxylation sites is 1. The van der Waals surface area contributed by atoms with Gasteiger partial charge in [-0.15, -0.1) is 0 Å². The average Bonchev–Trinajstić information content (AvgIpc) is 2.65. The van der Waals surface area contributed by atoms with Crippen LogP contribution < -0.4 is 4.74 Å². The predicted molar refractivity (Wildman–Crippen MR) is 64.0 cm³/mol. The van der Waals surface area contributed by atoms with Gasteiger partial charge in [0.25, 0.3) is 0 Å². The molecule has 1 nitrogen and oxygen atoms in total. The van der Waals surface area contributed by atoms with Crippen molar-refractivity contribution >= 4 is 0 Å². The zero-order valence-corrected chi connectivity index (χ0v) is 9.16. The van der Waals surface area contributed by atoms with E-state index in [4.69, 9.17) is 4.74 Å². The second kappa shape index (κ2) is 3.57. The van der Waals surface area contributed by atoms with Crippen LogP contribution in [0.1, 0.15) is 24.8 Å². The molecule has 1 unspecified atom stereocenters. The highest BCUT2D eigenvalue weighted by Crippen LogP contribution is 2.41. The molecule has 3 rings (SSSR count). The molecule has 1 aromatic carbocycles. The van der Waals surface area contributed by atoms with Crippen molar-refractivity contribution in [3.05, 3.63) is 53.3 Å². The zero-order valence-electron chi connectivity index (χ0n) is 9.16. The zero-order chi connectivity index (χ0) is 11.0. The summed E-state index contributed by atoms with van der Waals surface area (Å²) in [5.74, 6) is 8.52. The monoisotopic (exact) mass is 208 g/mol. The Hall–Kier alpha value is -1.94. The van der Waals surface area contributed by atoms with E-state index in [-0.39, 0.29) is 5.92 Å². The smallest absolute Gasteiger partial charge is 0.131 e. The lowest BCUT2D eigenvalue weighted by molar-refractivity contribution is 0.435. The van der Waals surface area contributed by atoms with Crippen LogP contribution in [0.2, 0.25) is 0 Å². The Morgan fingerprint density at radius 2 is 2.19 bits per heavy atom. The molecule has 1 heterocycles. The molecule has 0 aromatic heterocycles. The molecule has 16 heavy (non-hydrogen) atoms. The Morgan fingerprint density at radius 3 is 3.12 bits per heavy atom. The Kier molecular flexibility index (Phi) is 2.08. The predicted octanol–water partition coefficient (Wildman–Crippen LogP) is 3.40. The third kappa shape index (κ3) is 1.35. The minimum absolute atomic E-state index is 0.126. The van der Waals surface area contributed by atoms with Crippen molar-refractivity contribution in [2.75, 3.05) is 0 Å². The van der Waals surface area contributed by atoms with Gasteiger partial charge in [-0.3, -0.25) is 0 Å². The summed E-state index contributed by atoms with van der Waals surface area (Å²) in [5, 5.41) is 0. The second-order valence-corrected chi connectivity index (χ2v) is 4.05. The molecule has 0 N–H and O–H groups in total. The summed E-state index contributed by atoms with van der Waals surface area (Å²) in [6.45, 7) is 2.08. The molecule has 0 radical (unpaired) electrons. The van der Waals surface area contributed by atoms with Gasteiger partial charge in [0.1, 0.15) is 17.4 Å². The number of fused-ring (bicyclic) bond motifs is 3. The molecule has 0 amide bonds. The fraction of sp³-hybridized carbons (Fsp3) is 0.200. The first-order chi connectivity index (χ1) is 7.86. The first-order valence-electron chi connectivity index (χ1n) is 5.49. The minimum Gasteiger partial charge on any atom is -0.459 e. The number of ether oxygens (including phenoxy) is 1. The summed E-state index contributed by atoms with van der Waals surface area (Å²) in [7, 11) is 0. The fourth-order valence-electron chi connectivity index (χ4n) is 2.12. The molecular weight excluding hydrogens is 196 g/mol. The lowest BCUT2D eigenvalue weighted by Gasteiger charge is -2.07. The summed E-state index contributed by atoms with van der Waals surface area (Å²) in [6.07, 6.45) is 5.00. The van der Waals surface area contributed by atoms with E-state index >= 15 is 0 Å². The molecule has 78 valence electrons. The maximum atomic E-state index is 5.88. The molecule has 1 heteroatoms. The van der Waals surface area contributed by atoms with Gasteiger partial charge in [0.2, 0.25) is 0 Å². The molecule has 1 atom stereocenters. The van der Waals surface area contributed by atoms with Crippen molar-refractivity contribution in [3.8, 4) is 17.6 Å². The van der Waals surface area contributed by atoms with Crippen LogP contribution in [0.5, 0.6) is 5.75 Å². The SMILES string of the molecule is CC1=C2\Oc3ccccc3C2C#CC/C=C\1. The first kappa shape index (κ1) is 9.30. The molecule has 0 fully saturated rings. The summed E-state index contributed by atoms with van der Waals surface area (Å²) in [5.41, 5.74) is 2.37. The maximum Gasteiger partial charge on any atom is 0.131 e. The van der Waals surface area contributed by atoms with Crippen LogP contribution in [0.3, 0.4) is 0 Å². The van der Waals surface area contributed by atoms with Crippen LogP contribution in [0, 0.1) is 11.8 Å². The van der Waals surface area contributed by atoms with Crippen LogP contribution in [0.4, 0.5) is 0 Å². The molecule has 1 aliphatic carbocycles. The molecule has 0 spiro atoms. The van der Waals surface area contributed by atoms with Gasteiger partial charge in [-0.1, -0.05) is 42.2 Å². The average molecular weight is 208 g/mol. The van der Waals surface area contributed by atoms with E-state index < -0.39 is 0 Å². The van der Waals surface area contributed by atoms with E-state index in [9.17, 15) is 0 Å². The topological polar surface area (TPSA) is 9.23 Å². The highest BCUT2D eigenvalue weighted by molar-refractivity contribution is 5.53. The van der Waals surface area contributed by atoms with Crippen LogP contribution in [-0.4, -0.2) is 0 Å². The largest absolute Gasteiger partial charge is 0.459 e. The Morgan fingerprint density at radius 1 is 1.31 bits per heavy atom. The number of allylic oxidation sites excluding steroid dienone is 4. The van der Waals surface area contributed by atoms with Gasteiger partial charge in [0.05, 0.1) is 0 Å². The molecular formula is C15H12O. The van der Waals surface area contributed by atoms with Crippen LogP contribution in [-0.2, 0) is 0 Å². The third-order valence-corrected chi connectivity index (χ3v) is 2.93. The number of benzene rings is 1. The molecule has 1 aliphatic heterocycles. The number of hydrogen-bond donors (Lipinski definition) is 0. The minimum atomic E-state index is 0.126. The van der Waals surface area contributed by atoms with Crippen LogP contribution in [0.15, 0.2) is 47.7 Å². The van der Waals surface area contributed by atoms with Gasteiger partial charge in [-0.05, 0) is 18.6 Å². The molecule has 0 saturated carbocycles. The second-order valence-electron chi connectivity index (χ2n) is 4.05. The summed E-state index contributed by atoms with van der Waals surface area (Å²) >= 11 is 0. The third-order valence-electron chi connectivity index (χ3n) is 2.93. The molecule has 2 aliphatic rings. The fourth-order valence-corrected chi connectivity index (χ4v) is 2.12. The van der Waals surface area contributed by atoms with Gasteiger partial charge in [-0.25, -0.2) is 0 Å². The van der Waals surface area contributed by atoms with Crippen molar-refractivity contribution in [2.24, 2.45) is 0 Å². The highest BCUT2D eigenvalue weighted by atomic mass is 16.5. The molecule has 1 aromatic rings. The lowest BCUT2D eigenvalue weighted by atomic mass is 9.95. The molecule has 0 bridgehead atoms. The van der Waals surface area contributed by atoms with Crippen LogP contribution in [0.25, 0.3) is 0 Å². The van der Waals surface area contributed by atoms with Gasteiger partial charge >= 0.3 is 0 Å². The van der Waals surface area contributed by atoms with Crippen LogP contribution >= 0.6 is 0 Å². The van der Waals surface area contributed by atoms with Crippen molar-refractivity contribution in [1.29, 1.82) is 0 Å². The van der Waals surface area contributed by atoms with Gasteiger partial charge in [-0.2, -0.15) is 0 Å². The summed E-state index contributed by atoms with van der Waals surface area (Å²) < 4.78 is 5.88. The number of hydrogen-bond acceptors (Lipinski definition) is 1. The normalized spacial score (nSPS) is 27.7. The Balaban J connectivity index is 2.19. The standard InChI is InChI=1S/C15H12O/c1-11-7-3-2-4-9-13-12-8-5-6-10-14(12)16-15(11)13/h3,5-8,10,13H,2H2,1H3/b7-3-,15-11+. The van der Waals surface area contributed by atoms with E-state index in [0.29, 0.717) is 0 Å². The Bertz CT molecular complexity index is 552. The quantitative estimate of drug-likeness (QED) is 0.594. The van der Waals surface area contributed by atoms with Gasteiger partial charge < -0.3 is 4.74 Å². The highest BCUT2D eigenvalue weighted by Gasteiger charge is 2.29. The van der Waals surface area contributed by atoms with Crippen molar-refractivity contribution in [1.82, 2.24) is 0 Å². The van der Waals surface area contributed by atoms with E-state index in [1.807, 2.05) is 18.2 Å². The van der Waals surface area contributed by atoms with E-state index in [0.717, 1.165) is 17.9 Å². The maximum absolute atomic E-state index is 5.88. The lowest BCUT2D eigenvalue weighted by Crippen LogP contribution is -1.99. The first-order valence-corrected chi connectivity index (χ1v) is 5.49. The van der Waals surface area contributed by atoms with Gasteiger partial charge in [0.15, 0.2) is 0 Å². The van der Waals surface area contributed by atoms with E-state index in [1.165, 1.54) is 11.1 Å². The van der Waals surface area contributed by atoms with Crippen molar-refractivity contribution in [3.63, 3.8) is 0 Å². The van der Waals surface area contributed by atoms with Crippen molar-refractivity contribution in [2.45, 2.75) is 19.3 Å². The summed E-state index contributed by atoms with van der Waals surface area (Å²) in [4.78, 5) is 0. The van der Waals surface area contributed by atoms with E-state index in [1.54, 1.807) is 0 Å². The van der Waals surface area contributed by atoms with Gasteiger partial charge in [0, 0.05) is 12.0 Å². The number of rotatable bonds is 0. The summed E-state index contributed by atoms with van der Waals surface area (Å²) in [6, 6.07) is 8.14.